The van der Waals surface area contributed by atoms with Crippen LogP contribution in [-0.4, -0.2) is 46.5 Å². The fourth-order valence-corrected chi connectivity index (χ4v) is 2.44. The number of carbonyl (C=O) groups excluding carboxylic acids is 1. The van der Waals surface area contributed by atoms with Gasteiger partial charge >= 0.3 is 12.0 Å². The minimum atomic E-state index is -0.972. The summed E-state index contributed by atoms with van der Waals surface area (Å²) in [4.78, 5) is 26.7. The fraction of sp³-hybridized carbons (Fsp3) is 0.333. The van der Waals surface area contributed by atoms with Crippen LogP contribution in [0.25, 0.3) is 0 Å². The summed E-state index contributed by atoms with van der Waals surface area (Å²) in [5.74, 6) is -0.972. The first-order chi connectivity index (χ1) is 9.54. The zero-order valence-corrected chi connectivity index (χ0v) is 11.5. The van der Waals surface area contributed by atoms with Crippen molar-refractivity contribution in [2.24, 2.45) is 0 Å². The summed E-state index contributed by atoms with van der Waals surface area (Å²) in [6, 6.07) is 6.54. The molecular formula is C15H18N2O3. The Kier molecular flexibility index (Phi) is 4.08. The Morgan fingerprint density at radius 2 is 2.10 bits per heavy atom. The molecule has 106 valence electrons. The number of nitrogens with zero attached hydrogens (tertiary/aromatic N) is 2. The van der Waals surface area contributed by atoms with Crippen LogP contribution in [0.2, 0.25) is 0 Å². The second-order valence-corrected chi connectivity index (χ2v) is 4.91. The summed E-state index contributed by atoms with van der Waals surface area (Å²) in [5, 5.41) is 9.36. The molecule has 1 aromatic carbocycles. The second-order valence-electron chi connectivity index (χ2n) is 4.91. The molecule has 5 heteroatoms. The highest BCUT2D eigenvalue weighted by molar-refractivity contribution is 5.83. The van der Waals surface area contributed by atoms with Gasteiger partial charge in [0.15, 0.2) is 0 Å². The van der Waals surface area contributed by atoms with E-state index in [0.717, 1.165) is 11.1 Å². The van der Waals surface area contributed by atoms with Crippen molar-refractivity contribution in [3.8, 4) is 0 Å². The lowest BCUT2D eigenvalue weighted by atomic mass is 9.94. The minimum Gasteiger partial charge on any atom is -0.480 e. The summed E-state index contributed by atoms with van der Waals surface area (Å²) in [6.07, 6.45) is 1.96. The maximum absolute atomic E-state index is 12.4. The van der Waals surface area contributed by atoms with Gasteiger partial charge in [-0.2, -0.15) is 0 Å². The molecule has 1 aromatic rings. The molecule has 1 aliphatic rings. The van der Waals surface area contributed by atoms with Crippen molar-refractivity contribution in [2.45, 2.75) is 19.0 Å². The van der Waals surface area contributed by atoms with Crippen molar-refractivity contribution in [2.75, 3.05) is 13.6 Å². The lowest BCUT2D eigenvalue weighted by Crippen LogP contribution is -2.52. The number of likely N-dealkylation sites (N-methyl/N-ethyl adjacent to an activating group) is 1. The van der Waals surface area contributed by atoms with Gasteiger partial charge in [-0.15, -0.1) is 6.58 Å². The molecule has 0 saturated heterocycles. The molecule has 0 fully saturated rings. The Hall–Kier alpha value is -2.30. The van der Waals surface area contributed by atoms with E-state index in [4.69, 9.17) is 0 Å². The zero-order valence-electron chi connectivity index (χ0n) is 11.5. The van der Waals surface area contributed by atoms with E-state index in [-0.39, 0.29) is 6.03 Å². The first-order valence-corrected chi connectivity index (χ1v) is 6.46. The van der Waals surface area contributed by atoms with Crippen molar-refractivity contribution >= 4 is 12.0 Å². The van der Waals surface area contributed by atoms with Gasteiger partial charge < -0.3 is 14.9 Å². The van der Waals surface area contributed by atoms with E-state index in [1.54, 1.807) is 13.1 Å². The first kappa shape index (κ1) is 14.1. The molecule has 0 aromatic heterocycles. The minimum absolute atomic E-state index is 0.285. The van der Waals surface area contributed by atoms with Gasteiger partial charge in [-0.25, -0.2) is 9.59 Å². The number of hydrogen-bond donors (Lipinski definition) is 1. The van der Waals surface area contributed by atoms with Gasteiger partial charge in [-0.05, 0) is 11.1 Å². The average Bonchev–Trinajstić information content (AvgIpc) is 2.45. The Bertz CT molecular complexity index is 542. The van der Waals surface area contributed by atoms with E-state index in [9.17, 15) is 14.7 Å². The highest BCUT2D eigenvalue weighted by atomic mass is 16.4. The largest absolute Gasteiger partial charge is 0.480 e. The third kappa shape index (κ3) is 2.66. The van der Waals surface area contributed by atoms with Crippen molar-refractivity contribution in [1.29, 1.82) is 0 Å². The van der Waals surface area contributed by atoms with E-state index in [1.807, 2.05) is 24.3 Å². The number of hydrogen-bond acceptors (Lipinski definition) is 2. The predicted octanol–water partition coefficient (Wildman–Crippen LogP) is 1.74. The lowest BCUT2D eigenvalue weighted by Gasteiger charge is -2.36. The summed E-state index contributed by atoms with van der Waals surface area (Å²) >= 11 is 0. The molecule has 1 unspecified atom stereocenters. The molecule has 1 atom stereocenters. The van der Waals surface area contributed by atoms with E-state index in [2.05, 4.69) is 6.58 Å². The van der Waals surface area contributed by atoms with Crippen molar-refractivity contribution < 1.29 is 14.7 Å². The highest BCUT2D eigenvalue weighted by Gasteiger charge is 2.35. The van der Waals surface area contributed by atoms with Crippen LogP contribution in [-0.2, 0) is 17.8 Å². The van der Waals surface area contributed by atoms with Gasteiger partial charge in [0.1, 0.15) is 6.04 Å². The topological polar surface area (TPSA) is 60.9 Å². The smallest absolute Gasteiger partial charge is 0.326 e. The average molecular weight is 274 g/mol. The Morgan fingerprint density at radius 3 is 2.70 bits per heavy atom. The number of rotatable bonds is 3. The molecule has 1 N–H and O–H groups in total. The molecule has 5 nitrogen and oxygen atoms in total. The number of carboxylic acid groups (broad SMARTS) is 1. The molecular weight excluding hydrogens is 256 g/mol. The number of carboxylic acids is 1. The summed E-state index contributed by atoms with van der Waals surface area (Å²) in [5.41, 5.74) is 2.00. The van der Waals surface area contributed by atoms with Crippen LogP contribution in [0.5, 0.6) is 0 Å². The second kappa shape index (κ2) is 5.77. The molecule has 20 heavy (non-hydrogen) atoms. The SMILES string of the molecule is C=CCN(C)C(=O)N1Cc2ccccc2CC1C(=O)O. The Balaban J connectivity index is 2.28. The van der Waals surface area contributed by atoms with Crippen molar-refractivity contribution in [1.82, 2.24) is 9.80 Å². The molecule has 0 saturated carbocycles. The fourth-order valence-electron chi connectivity index (χ4n) is 2.44. The van der Waals surface area contributed by atoms with Gasteiger partial charge in [0.05, 0.1) is 0 Å². The molecule has 1 aliphatic heterocycles. The highest BCUT2D eigenvalue weighted by Crippen LogP contribution is 2.24. The molecule has 2 rings (SSSR count). The van der Waals surface area contributed by atoms with Crippen LogP contribution in [0.3, 0.4) is 0 Å². The van der Waals surface area contributed by atoms with E-state index >= 15 is 0 Å². The van der Waals surface area contributed by atoms with Crippen LogP contribution in [0.15, 0.2) is 36.9 Å². The third-order valence-electron chi connectivity index (χ3n) is 3.51. The Labute approximate surface area is 118 Å². The number of amides is 2. The number of aliphatic carboxylic acids is 1. The number of carbonyl (C=O) groups is 2. The van der Waals surface area contributed by atoms with Crippen LogP contribution in [0.1, 0.15) is 11.1 Å². The first-order valence-electron chi connectivity index (χ1n) is 6.46. The maximum Gasteiger partial charge on any atom is 0.326 e. The summed E-state index contributed by atoms with van der Waals surface area (Å²) < 4.78 is 0. The molecule has 0 bridgehead atoms. The summed E-state index contributed by atoms with van der Waals surface area (Å²) in [6.45, 7) is 4.31. The number of fused-ring (bicyclic) bond motifs is 1. The molecule has 0 radical (unpaired) electrons. The van der Waals surface area contributed by atoms with Gasteiger partial charge in [-0.3, -0.25) is 0 Å². The third-order valence-corrected chi connectivity index (χ3v) is 3.51. The maximum atomic E-state index is 12.4. The predicted molar refractivity (Wildman–Crippen MR) is 75.3 cm³/mol. The van der Waals surface area contributed by atoms with Crippen molar-refractivity contribution in [3.63, 3.8) is 0 Å². The van der Waals surface area contributed by atoms with Gasteiger partial charge in [0.25, 0.3) is 0 Å². The van der Waals surface area contributed by atoms with Crippen LogP contribution in [0.4, 0.5) is 4.79 Å². The van der Waals surface area contributed by atoms with Gasteiger partial charge in [0.2, 0.25) is 0 Å². The zero-order chi connectivity index (χ0) is 14.7. The van der Waals surface area contributed by atoms with E-state index in [1.165, 1.54) is 9.80 Å². The standard InChI is InChI=1S/C15H18N2O3/c1-3-8-16(2)15(20)17-10-12-7-5-4-6-11(12)9-13(17)14(18)19/h3-7,13H,1,8-10H2,2H3,(H,18,19). The van der Waals surface area contributed by atoms with Crippen LogP contribution >= 0.6 is 0 Å². The molecule has 2 amide bonds. The number of benzene rings is 1. The molecule has 0 spiro atoms. The molecule has 0 aliphatic carbocycles. The summed E-state index contributed by atoms with van der Waals surface area (Å²) in [7, 11) is 1.64. The Morgan fingerprint density at radius 1 is 1.45 bits per heavy atom. The van der Waals surface area contributed by atoms with Gasteiger partial charge in [0, 0.05) is 26.6 Å². The lowest BCUT2D eigenvalue weighted by molar-refractivity contribution is -0.142. The van der Waals surface area contributed by atoms with Crippen molar-refractivity contribution in [3.05, 3.63) is 48.0 Å². The number of urea groups is 1. The van der Waals surface area contributed by atoms with Crippen LogP contribution in [0, 0.1) is 0 Å². The van der Waals surface area contributed by atoms with E-state index in [0.29, 0.717) is 19.5 Å². The molecule has 1 heterocycles. The van der Waals surface area contributed by atoms with E-state index < -0.39 is 12.0 Å². The monoisotopic (exact) mass is 274 g/mol. The van der Waals surface area contributed by atoms with Gasteiger partial charge in [-0.1, -0.05) is 30.3 Å². The quantitative estimate of drug-likeness (QED) is 0.854. The normalized spacial score (nSPS) is 17.2. The van der Waals surface area contributed by atoms with Crippen LogP contribution < -0.4 is 0 Å².